The molecule has 5 rings (SSSR count). The van der Waals surface area contributed by atoms with E-state index in [1.165, 1.54) is 4.90 Å². The van der Waals surface area contributed by atoms with E-state index in [1.54, 1.807) is 25.7 Å². The summed E-state index contributed by atoms with van der Waals surface area (Å²) >= 11 is 2.78. The van der Waals surface area contributed by atoms with Crippen molar-refractivity contribution in [2.45, 2.75) is 63.8 Å². The van der Waals surface area contributed by atoms with Gasteiger partial charge in [0.1, 0.15) is 23.5 Å². The number of nitrogens with zero attached hydrogens (tertiary/aromatic N) is 5. The van der Waals surface area contributed by atoms with Crippen LogP contribution in [0.5, 0.6) is 6.01 Å². The SMILES string of the molecule is CC(C)(C)OC(=O)N1CCN(c2nc(OCC34CCCN3CCC4)nc3c(F)c(Br)c(C(F)(F)F)cc23)CC1. The number of hydrogen-bond acceptors (Lipinski definition) is 7. The van der Waals surface area contributed by atoms with Gasteiger partial charge in [-0.3, -0.25) is 4.90 Å². The zero-order valence-corrected chi connectivity index (χ0v) is 23.8. The summed E-state index contributed by atoms with van der Waals surface area (Å²) in [6, 6.07) is 0.793. The predicted octanol–water partition coefficient (Wildman–Crippen LogP) is 5.61. The number of piperazine rings is 1. The number of aromatic nitrogens is 2. The van der Waals surface area contributed by atoms with Crippen LogP contribution in [0.3, 0.4) is 0 Å². The van der Waals surface area contributed by atoms with Crippen molar-refractivity contribution in [2.75, 3.05) is 50.8 Å². The van der Waals surface area contributed by atoms with Crippen LogP contribution in [0.15, 0.2) is 10.5 Å². The number of carbonyl (C=O) groups is 1. The molecule has 1 aromatic carbocycles. The second kappa shape index (κ2) is 10.2. The molecule has 0 radical (unpaired) electrons. The number of halogens is 5. The number of benzene rings is 1. The molecule has 13 heteroatoms. The lowest BCUT2D eigenvalue weighted by Crippen LogP contribution is -2.50. The van der Waals surface area contributed by atoms with Crippen molar-refractivity contribution >= 4 is 38.7 Å². The first-order valence-electron chi connectivity index (χ1n) is 13.2. The number of carbonyl (C=O) groups excluding carboxylic acids is 1. The Hall–Kier alpha value is -2.41. The van der Waals surface area contributed by atoms with Crippen molar-refractivity contribution in [1.82, 2.24) is 19.8 Å². The van der Waals surface area contributed by atoms with Gasteiger partial charge in [-0.25, -0.2) is 9.18 Å². The molecule has 0 N–H and O–H groups in total. The van der Waals surface area contributed by atoms with Crippen LogP contribution in [0.4, 0.5) is 28.2 Å². The normalized spacial score (nSPS) is 20.0. The van der Waals surface area contributed by atoms with Crippen LogP contribution in [-0.4, -0.2) is 82.9 Å². The molecule has 8 nitrogen and oxygen atoms in total. The number of hydrogen-bond donors (Lipinski definition) is 0. The van der Waals surface area contributed by atoms with Gasteiger partial charge < -0.3 is 19.3 Å². The summed E-state index contributed by atoms with van der Waals surface area (Å²) in [6.45, 7) is 8.70. The topological polar surface area (TPSA) is 71.0 Å². The van der Waals surface area contributed by atoms with Crippen LogP contribution in [0, 0.1) is 5.82 Å². The molecule has 0 saturated carbocycles. The minimum absolute atomic E-state index is 0.0670. The summed E-state index contributed by atoms with van der Waals surface area (Å²) in [5.74, 6) is -0.981. The van der Waals surface area contributed by atoms with Gasteiger partial charge in [-0.2, -0.15) is 23.1 Å². The Kier molecular flexibility index (Phi) is 7.36. The summed E-state index contributed by atoms with van der Waals surface area (Å²) in [6.07, 6.45) is -1.16. The third-order valence-electron chi connectivity index (χ3n) is 7.65. The van der Waals surface area contributed by atoms with E-state index in [0.717, 1.165) is 44.8 Å². The van der Waals surface area contributed by atoms with E-state index in [0.29, 0.717) is 6.61 Å². The summed E-state index contributed by atoms with van der Waals surface area (Å²) in [7, 11) is 0. The average molecular weight is 618 g/mol. The highest BCUT2D eigenvalue weighted by Gasteiger charge is 2.45. The first-order valence-corrected chi connectivity index (χ1v) is 13.9. The zero-order chi connectivity index (χ0) is 28.2. The Balaban J connectivity index is 1.48. The molecule has 214 valence electrons. The lowest BCUT2D eigenvalue weighted by molar-refractivity contribution is -0.138. The Morgan fingerprint density at radius 2 is 1.69 bits per heavy atom. The van der Waals surface area contributed by atoms with Crippen LogP contribution in [-0.2, 0) is 10.9 Å². The van der Waals surface area contributed by atoms with E-state index < -0.39 is 33.7 Å². The molecule has 0 unspecified atom stereocenters. The van der Waals surface area contributed by atoms with Gasteiger partial charge in [0, 0.05) is 31.6 Å². The molecule has 39 heavy (non-hydrogen) atoms. The van der Waals surface area contributed by atoms with E-state index in [-0.39, 0.29) is 54.4 Å². The number of amides is 1. The Morgan fingerprint density at radius 3 is 2.28 bits per heavy atom. The summed E-state index contributed by atoms with van der Waals surface area (Å²) in [4.78, 5) is 26.9. The van der Waals surface area contributed by atoms with E-state index >= 15 is 4.39 Å². The van der Waals surface area contributed by atoms with E-state index in [1.807, 2.05) is 0 Å². The number of fused-ring (bicyclic) bond motifs is 2. The first kappa shape index (κ1) is 28.1. The standard InChI is InChI=1S/C26H32BrF4N5O3/c1-24(2,3)39-23(37)35-12-10-34(11-13-35)21-16-14-17(26(29,30)31)18(27)19(28)20(16)32-22(33-21)38-15-25-6-4-8-36(25)9-5-7-25/h14H,4-13,15H2,1-3H3. The molecule has 3 fully saturated rings. The lowest BCUT2D eigenvalue weighted by Gasteiger charge is -2.36. The van der Waals surface area contributed by atoms with Gasteiger partial charge in [0.15, 0.2) is 5.82 Å². The van der Waals surface area contributed by atoms with Crippen molar-refractivity contribution in [2.24, 2.45) is 0 Å². The highest BCUT2D eigenvalue weighted by Crippen LogP contribution is 2.42. The molecule has 1 amide bonds. The molecule has 0 atom stereocenters. The minimum atomic E-state index is -4.79. The van der Waals surface area contributed by atoms with Crippen molar-refractivity contribution in [3.05, 3.63) is 21.9 Å². The van der Waals surface area contributed by atoms with Crippen LogP contribution >= 0.6 is 15.9 Å². The number of anilines is 1. The Bertz CT molecular complexity index is 1250. The largest absolute Gasteiger partial charge is 0.461 e. The maximum Gasteiger partial charge on any atom is 0.417 e. The average Bonchev–Trinajstić information content (AvgIpc) is 3.43. The molecule has 0 aliphatic carbocycles. The molecule has 3 saturated heterocycles. The van der Waals surface area contributed by atoms with Crippen LogP contribution < -0.4 is 9.64 Å². The summed E-state index contributed by atoms with van der Waals surface area (Å²) in [5, 5.41) is -0.0670. The molecule has 3 aliphatic heterocycles. The van der Waals surface area contributed by atoms with E-state index in [2.05, 4.69) is 30.8 Å². The molecule has 1 aromatic heterocycles. The molecule has 4 heterocycles. The number of rotatable bonds is 4. The Labute approximate surface area is 232 Å². The monoisotopic (exact) mass is 617 g/mol. The Morgan fingerprint density at radius 1 is 1.05 bits per heavy atom. The molecule has 3 aliphatic rings. The molecule has 2 aromatic rings. The van der Waals surface area contributed by atoms with Crippen molar-refractivity contribution in [1.29, 1.82) is 0 Å². The zero-order valence-electron chi connectivity index (χ0n) is 22.2. The second-order valence-corrected chi connectivity index (χ2v) is 12.2. The van der Waals surface area contributed by atoms with Gasteiger partial charge in [-0.05, 0) is 81.5 Å². The van der Waals surface area contributed by atoms with Gasteiger partial charge in [0.2, 0.25) is 0 Å². The summed E-state index contributed by atoms with van der Waals surface area (Å²) < 4.78 is 67.5. The van der Waals surface area contributed by atoms with Crippen LogP contribution in [0.25, 0.3) is 10.9 Å². The lowest BCUT2D eigenvalue weighted by atomic mass is 9.95. The highest BCUT2D eigenvalue weighted by molar-refractivity contribution is 9.10. The maximum absolute atomic E-state index is 15.4. The first-order chi connectivity index (χ1) is 18.3. The molecule has 0 spiro atoms. The van der Waals surface area contributed by atoms with Crippen LogP contribution in [0.1, 0.15) is 52.0 Å². The van der Waals surface area contributed by atoms with Crippen molar-refractivity contribution < 1.29 is 31.8 Å². The fourth-order valence-corrected chi connectivity index (χ4v) is 6.29. The van der Waals surface area contributed by atoms with Crippen molar-refractivity contribution in [3.8, 4) is 6.01 Å². The highest BCUT2D eigenvalue weighted by atomic mass is 79.9. The third kappa shape index (κ3) is 5.61. The summed E-state index contributed by atoms with van der Waals surface area (Å²) in [5.41, 5.74) is -2.17. The number of ether oxygens (including phenoxy) is 2. The predicted molar refractivity (Wildman–Crippen MR) is 140 cm³/mol. The fourth-order valence-electron chi connectivity index (χ4n) is 5.77. The van der Waals surface area contributed by atoms with E-state index in [4.69, 9.17) is 9.47 Å². The fraction of sp³-hybridized carbons (Fsp3) is 0.654. The van der Waals surface area contributed by atoms with Gasteiger partial charge in [-0.1, -0.05) is 0 Å². The maximum atomic E-state index is 15.4. The van der Waals surface area contributed by atoms with E-state index in [9.17, 15) is 18.0 Å². The number of alkyl halides is 3. The third-order valence-corrected chi connectivity index (χ3v) is 8.42. The molecular weight excluding hydrogens is 586 g/mol. The van der Waals surface area contributed by atoms with Gasteiger partial charge in [0.05, 0.1) is 15.6 Å². The van der Waals surface area contributed by atoms with Crippen LogP contribution in [0.2, 0.25) is 0 Å². The smallest absolute Gasteiger partial charge is 0.417 e. The molecule has 0 bridgehead atoms. The van der Waals surface area contributed by atoms with Gasteiger partial charge in [-0.15, -0.1) is 0 Å². The van der Waals surface area contributed by atoms with Gasteiger partial charge in [0.25, 0.3) is 0 Å². The van der Waals surface area contributed by atoms with Gasteiger partial charge >= 0.3 is 18.3 Å². The minimum Gasteiger partial charge on any atom is -0.461 e. The second-order valence-electron chi connectivity index (χ2n) is 11.4. The molecular formula is C26H32BrF4N5O3. The van der Waals surface area contributed by atoms with Crippen molar-refractivity contribution in [3.63, 3.8) is 0 Å². The quantitative estimate of drug-likeness (QED) is 0.413.